The predicted molar refractivity (Wildman–Crippen MR) is 110 cm³/mol. The molecule has 0 aliphatic carbocycles. The monoisotopic (exact) mass is 418 g/mol. The predicted octanol–water partition coefficient (Wildman–Crippen LogP) is 4.55. The smallest absolute Gasteiger partial charge is 0.259 e. The van der Waals surface area contributed by atoms with Crippen LogP contribution in [0.15, 0.2) is 53.5 Å². The Bertz CT molecular complexity index is 1130. The Morgan fingerprint density at radius 2 is 1.96 bits per heavy atom. The first-order chi connectivity index (χ1) is 13.4. The van der Waals surface area contributed by atoms with Gasteiger partial charge in [0.25, 0.3) is 5.56 Å². The maximum Gasteiger partial charge on any atom is 0.259 e. The second-order valence-electron chi connectivity index (χ2n) is 6.87. The van der Waals surface area contributed by atoms with Crippen molar-refractivity contribution in [3.05, 3.63) is 69.1 Å². The topological polar surface area (TPSA) is 42.3 Å². The van der Waals surface area contributed by atoms with Crippen molar-refractivity contribution in [2.24, 2.45) is 0 Å². The van der Waals surface area contributed by atoms with Crippen LogP contribution in [0, 0.1) is 0 Å². The van der Waals surface area contributed by atoms with E-state index in [2.05, 4.69) is 0 Å². The Labute approximate surface area is 171 Å². The zero-order chi connectivity index (χ0) is 19.8. The lowest BCUT2D eigenvalue weighted by molar-refractivity contribution is -0.131. The Morgan fingerprint density at radius 3 is 2.68 bits per heavy atom. The number of carbonyl (C=O) groups excluding carboxylic acids is 1. The van der Waals surface area contributed by atoms with E-state index in [1.807, 2.05) is 18.2 Å². The molecule has 0 N–H and O–H groups in total. The number of hydrogen-bond acceptors (Lipinski definition) is 2. The number of nitrogens with zero attached hydrogens (tertiary/aromatic N) is 2. The molecule has 2 aromatic carbocycles. The number of fused-ring (bicyclic) bond motifs is 1. The van der Waals surface area contributed by atoms with E-state index in [-0.39, 0.29) is 24.6 Å². The standard InChI is InChI=1S/C21H17Cl2FN2O2/c22-17-5-4-14(10-18(17)23)16-3-1-2-13-6-8-26(21(28)20(13)16)12-19(27)25-9-7-15(24)11-25/h1-6,8,10,15H,7,9,11-12H2. The molecule has 4 rings (SSSR count). The third-order valence-electron chi connectivity index (χ3n) is 5.03. The van der Waals surface area contributed by atoms with Crippen molar-refractivity contribution in [1.29, 1.82) is 0 Å². The van der Waals surface area contributed by atoms with Crippen LogP contribution in [0.4, 0.5) is 4.39 Å². The highest BCUT2D eigenvalue weighted by Crippen LogP contribution is 2.31. The summed E-state index contributed by atoms with van der Waals surface area (Å²) in [5.74, 6) is -0.256. The molecule has 0 spiro atoms. The van der Waals surface area contributed by atoms with Crippen molar-refractivity contribution in [3.63, 3.8) is 0 Å². The van der Waals surface area contributed by atoms with E-state index in [0.717, 1.165) is 10.9 Å². The van der Waals surface area contributed by atoms with E-state index in [9.17, 15) is 14.0 Å². The first-order valence-corrected chi connectivity index (χ1v) is 9.69. The normalized spacial score (nSPS) is 16.7. The van der Waals surface area contributed by atoms with Crippen LogP contribution >= 0.6 is 23.2 Å². The summed E-state index contributed by atoms with van der Waals surface area (Å²) in [6, 6.07) is 12.5. The van der Waals surface area contributed by atoms with E-state index in [0.29, 0.717) is 34.0 Å². The Morgan fingerprint density at radius 1 is 1.14 bits per heavy atom. The highest BCUT2D eigenvalue weighted by atomic mass is 35.5. The Hall–Kier alpha value is -2.37. The maximum absolute atomic E-state index is 13.4. The molecular weight excluding hydrogens is 402 g/mol. The first kappa shape index (κ1) is 19.0. The summed E-state index contributed by atoms with van der Waals surface area (Å²) in [6.07, 6.45) is 0.961. The van der Waals surface area contributed by atoms with E-state index in [1.165, 1.54) is 9.47 Å². The Balaban J connectivity index is 1.76. The van der Waals surface area contributed by atoms with Gasteiger partial charge in [-0.3, -0.25) is 9.59 Å². The van der Waals surface area contributed by atoms with Gasteiger partial charge in [-0.2, -0.15) is 0 Å². The molecule has 4 nitrogen and oxygen atoms in total. The minimum atomic E-state index is -0.987. The molecule has 3 aromatic rings. The lowest BCUT2D eigenvalue weighted by Gasteiger charge is -2.16. The zero-order valence-electron chi connectivity index (χ0n) is 14.9. The number of pyridine rings is 1. The molecule has 1 aromatic heterocycles. The molecule has 1 fully saturated rings. The number of likely N-dealkylation sites (tertiary alicyclic amines) is 1. The molecule has 0 bridgehead atoms. The van der Waals surface area contributed by atoms with Crippen molar-refractivity contribution in [1.82, 2.24) is 9.47 Å². The van der Waals surface area contributed by atoms with Crippen molar-refractivity contribution >= 4 is 39.9 Å². The van der Waals surface area contributed by atoms with E-state index >= 15 is 0 Å². The van der Waals surface area contributed by atoms with Crippen molar-refractivity contribution in [3.8, 4) is 11.1 Å². The maximum atomic E-state index is 13.4. The largest absolute Gasteiger partial charge is 0.338 e. The fraction of sp³-hybridized carbons (Fsp3) is 0.238. The quantitative estimate of drug-likeness (QED) is 0.626. The molecule has 1 unspecified atom stereocenters. The highest BCUT2D eigenvalue weighted by molar-refractivity contribution is 6.42. The number of halogens is 3. The summed E-state index contributed by atoms with van der Waals surface area (Å²) in [6.45, 7) is 0.365. The lowest BCUT2D eigenvalue weighted by Crippen LogP contribution is -2.35. The summed E-state index contributed by atoms with van der Waals surface area (Å²) in [5, 5.41) is 2.10. The van der Waals surface area contributed by atoms with Crippen LogP contribution in [0.1, 0.15) is 6.42 Å². The fourth-order valence-electron chi connectivity index (χ4n) is 3.55. The molecule has 2 heterocycles. The third kappa shape index (κ3) is 3.52. The molecule has 1 amide bonds. The van der Waals surface area contributed by atoms with E-state index < -0.39 is 6.17 Å². The van der Waals surface area contributed by atoms with Gasteiger partial charge in [-0.15, -0.1) is 0 Å². The van der Waals surface area contributed by atoms with Crippen LogP contribution in [0.25, 0.3) is 21.9 Å². The summed E-state index contributed by atoms with van der Waals surface area (Å²) in [5.41, 5.74) is 1.21. The average molecular weight is 419 g/mol. The summed E-state index contributed by atoms with van der Waals surface area (Å²) >= 11 is 12.1. The van der Waals surface area contributed by atoms with Crippen LogP contribution in [0.2, 0.25) is 10.0 Å². The third-order valence-corrected chi connectivity index (χ3v) is 5.76. The van der Waals surface area contributed by atoms with Gasteiger partial charge in [0.2, 0.25) is 5.91 Å². The zero-order valence-corrected chi connectivity index (χ0v) is 16.4. The SMILES string of the molecule is O=C(Cn1ccc2cccc(-c3ccc(Cl)c(Cl)c3)c2c1=O)N1CCC(F)C1. The number of hydrogen-bond donors (Lipinski definition) is 0. The van der Waals surface area contributed by atoms with Crippen LogP contribution < -0.4 is 5.56 Å². The van der Waals surface area contributed by atoms with Gasteiger partial charge in [0.05, 0.1) is 22.0 Å². The van der Waals surface area contributed by atoms with Gasteiger partial charge in [-0.25, -0.2) is 4.39 Å². The molecule has 1 aliphatic rings. The van der Waals surface area contributed by atoms with Crippen LogP contribution in [-0.4, -0.2) is 34.6 Å². The van der Waals surface area contributed by atoms with Gasteiger partial charge in [-0.05, 0) is 41.1 Å². The number of amides is 1. The molecule has 7 heteroatoms. The number of aromatic nitrogens is 1. The number of carbonyl (C=O) groups is 1. The molecule has 28 heavy (non-hydrogen) atoms. The lowest BCUT2D eigenvalue weighted by atomic mass is 9.99. The van der Waals surface area contributed by atoms with Crippen LogP contribution in [-0.2, 0) is 11.3 Å². The van der Waals surface area contributed by atoms with Gasteiger partial charge in [0, 0.05) is 12.7 Å². The molecule has 0 saturated carbocycles. The first-order valence-electron chi connectivity index (χ1n) is 8.93. The molecule has 1 aliphatic heterocycles. The van der Waals surface area contributed by atoms with Gasteiger partial charge in [0.1, 0.15) is 12.7 Å². The van der Waals surface area contributed by atoms with Crippen molar-refractivity contribution < 1.29 is 9.18 Å². The summed E-state index contributed by atoms with van der Waals surface area (Å²) in [7, 11) is 0. The second kappa shape index (κ2) is 7.57. The second-order valence-corrected chi connectivity index (χ2v) is 7.69. The molecule has 1 atom stereocenters. The minimum Gasteiger partial charge on any atom is -0.338 e. The minimum absolute atomic E-state index is 0.0929. The molecule has 1 saturated heterocycles. The van der Waals surface area contributed by atoms with Gasteiger partial charge in [-0.1, -0.05) is 47.5 Å². The van der Waals surface area contributed by atoms with Crippen molar-refractivity contribution in [2.75, 3.05) is 13.1 Å². The van der Waals surface area contributed by atoms with Gasteiger partial charge in [0.15, 0.2) is 0 Å². The van der Waals surface area contributed by atoms with Crippen molar-refractivity contribution in [2.45, 2.75) is 19.1 Å². The van der Waals surface area contributed by atoms with Crippen LogP contribution in [0.3, 0.4) is 0 Å². The summed E-state index contributed by atoms with van der Waals surface area (Å²) in [4.78, 5) is 27.1. The number of benzene rings is 2. The Kier molecular flexibility index (Phi) is 5.13. The van der Waals surface area contributed by atoms with E-state index in [1.54, 1.807) is 30.5 Å². The van der Waals surface area contributed by atoms with Gasteiger partial charge >= 0.3 is 0 Å². The summed E-state index contributed by atoms with van der Waals surface area (Å²) < 4.78 is 14.8. The molecule has 144 valence electrons. The molecular formula is C21H17Cl2FN2O2. The fourth-order valence-corrected chi connectivity index (χ4v) is 3.85. The average Bonchev–Trinajstić information content (AvgIpc) is 3.12. The number of rotatable bonds is 3. The van der Waals surface area contributed by atoms with E-state index in [4.69, 9.17) is 23.2 Å². The molecule has 0 radical (unpaired) electrons. The van der Waals surface area contributed by atoms with Gasteiger partial charge < -0.3 is 9.47 Å². The van der Waals surface area contributed by atoms with Crippen LogP contribution in [0.5, 0.6) is 0 Å². The number of alkyl halides is 1. The highest BCUT2D eigenvalue weighted by Gasteiger charge is 2.26.